The molecule has 0 radical (unpaired) electrons. The third kappa shape index (κ3) is 3.35. The van der Waals surface area contributed by atoms with Gasteiger partial charge < -0.3 is 9.30 Å². The number of hydrogen-bond donors (Lipinski definition) is 0. The number of allylic oxidation sites excluding steroid dienone is 1. The van der Waals surface area contributed by atoms with E-state index < -0.39 is 0 Å². The van der Waals surface area contributed by atoms with Gasteiger partial charge in [-0.1, -0.05) is 6.07 Å². The summed E-state index contributed by atoms with van der Waals surface area (Å²) in [6, 6.07) is 7.89. The highest BCUT2D eigenvalue weighted by atomic mass is 32.1. The molecule has 2 aromatic heterocycles. The van der Waals surface area contributed by atoms with E-state index in [0.29, 0.717) is 6.61 Å². The molecule has 0 amide bonds. The largest absolute Gasteiger partial charge is 0.491 e. The van der Waals surface area contributed by atoms with Crippen molar-refractivity contribution >= 4 is 23.2 Å². The third-order valence-electron chi connectivity index (χ3n) is 4.76. The second kappa shape index (κ2) is 7.30. The minimum absolute atomic E-state index is 0.146. The highest BCUT2D eigenvalue weighted by Crippen LogP contribution is 2.33. The fourth-order valence-electron chi connectivity index (χ4n) is 3.34. The van der Waals surface area contributed by atoms with Crippen molar-refractivity contribution in [3.8, 4) is 5.75 Å². The molecule has 0 saturated carbocycles. The van der Waals surface area contributed by atoms with E-state index >= 15 is 0 Å². The molecule has 3 aromatic rings. The number of fused-ring (bicyclic) bond motifs is 1. The van der Waals surface area contributed by atoms with Crippen LogP contribution in [0.5, 0.6) is 5.75 Å². The van der Waals surface area contributed by atoms with E-state index in [1.165, 1.54) is 0 Å². The summed E-state index contributed by atoms with van der Waals surface area (Å²) in [4.78, 5) is 18.0. The molecule has 0 unspecified atom stereocenters. The maximum Gasteiger partial charge on any atom is 0.189 e. The van der Waals surface area contributed by atoms with Gasteiger partial charge in [-0.25, -0.2) is 4.98 Å². The second-order valence-electron chi connectivity index (χ2n) is 6.38. The zero-order valence-corrected chi connectivity index (χ0v) is 15.5. The number of hydrogen-bond acceptors (Lipinski definition) is 4. The van der Waals surface area contributed by atoms with Crippen LogP contribution in [0.3, 0.4) is 0 Å². The lowest BCUT2D eigenvalue weighted by atomic mass is 9.84. The molecule has 0 spiro atoms. The number of ketones is 1. The summed E-state index contributed by atoms with van der Waals surface area (Å²) >= 11 is 1.66. The van der Waals surface area contributed by atoms with Crippen LogP contribution < -0.4 is 4.74 Å². The molecule has 0 N–H and O–H groups in total. The van der Waals surface area contributed by atoms with Gasteiger partial charge in [0, 0.05) is 28.4 Å². The Balaban J connectivity index is 1.52. The van der Waals surface area contributed by atoms with Crippen molar-refractivity contribution in [1.29, 1.82) is 0 Å². The fourth-order valence-corrected chi connectivity index (χ4v) is 4.02. The Morgan fingerprint density at radius 3 is 3.00 bits per heavy atom. The maximum atomic E-state index is 12.9. The molecule has 0 aliphatic heterocycles. The first-order valence-corrected chi connectivity index (χ1v) is 9.60. The highest BCUT2D eigenvalue weighted by Gasteiger charge is 2.24. The molecule has 0 bridgehead atoms. The average Bonchev–Trinajstić information content (AvgIpc) is 3.33. The first kappa shape index (κ1) is 16.8. The number of benzene rings is 1. The summed E-state index contributed by atoms with van der Waals surface area (Å²) in [5, 5.41) is 2.03. The van der Waals surface area contributed by atoms with Crippen LogP contribution in [0.1, 0.15) is 32.8 Å². The first-order valence-electron chi connectivity index (χ1n) is 8.72. The molecule has 2 heterocycles. The molecule has 0 saturated heterocycles. The number of Topliss-reactive ketones (excluding diaryl/α,β-unsaturated/α-hetero) is 1. The number of rotatable bonds is 5. The predicted octanol–water partition coefficient (Wildman–Crippen LogP) is 4.54. The summed E-state index contributed by atoms with van der Waals surface area (Å²) in [5.74, 6) is 1.01. The zero-order valence-electron chi connectivity index (χ0n) is 14.6. The van der Waals surface area contributed by atoms with Crippen molar-refractivity contribution in [2.24, 2.45) is 0 Å². The maximum absolute atomic E-state index is 12.9. The van der Waals surface area contributed by atoms with Crippen LogP contribution >= 0.6 is 11.3 Å². The normalized spacial score (nSPS) is 15.3. The molecule has 132 valence electrons. The summed E-state index contributed by atoms with van der Waals surface area (Å²) in [6.45, 7) is 3.38. The molecular weight excluding hydrogens is 344 g/mol. The average molecular weight is 364 g/mol. The van der Waals surface area contributed by atoms with Crippen LogP contribution in [-0.4, -0.2) is 21.9 Å². The lowest BCUT2D eigenvalue weighted by molar-refractivity contribution is 0.102. The van der Waals surface area contributed by atoms with Gasteiger partial charge in [0.1, 0.15) is 12.4 Å². The van der Waals surface area contributed by atoms with E-state index in [1.807, 2.05) is 53.4 Å². The number of thiophene rings is 1. The minimum atomic E-state index is 0.146. The van der Waals surface area contributed by atoms with E-state index in [1.54, 1.807) is 23.9 Å². The molecule has 26 heavy (non-hydrogen) atoms. The Morgan fingerprint density at radius 2 is 2.23 bits per heavy atom. The van der Waals surface area contributed by atoms with Gasteiger partial charge in [-0.2, -0.15) is 0 Å². The van der Waals surface area contributed by atoms with Crippen molar-refractivity contribution < 1.29 is 9.53 Å². The fraction of sp³-hybridized carbons (Fsp3) is 0.238. The Labute approximate surface area is 156 Å². The molecule has 1 aliphatic rings. The summed E-state index contributed by atoms with van der Waals surface area (Å²) < 4.78 is 7.94. The molecule has 4 nitrogen and oxygen atoms in total. The van der Waals surface area contributed by atoms with Gasteiger partial charge in [0.2, 0.25) is 0 Å². The van der Waals surface area contributed by atoms with Crippen molar-refractivity contribution in [2.45, 2.75) is 26.3 Å². The van der Waals surface area contributed by atoms with Gasteiger partial charge in [-0.05, 0) is 60.5 Å². The molecule has 4 rings (SSSR count). The smallest absolute Gasteiger partial charge is 0.189 e. The van der Waals surface area contributed by atoms with Crippen LogP contribution in [0.2, 0.25) is 0 Å². The molecule has 1 aromatic carbocycles. The number of aromatic nitrogens is 2. The predicted molar refractivity (Wildman–Crippen MR) is 104 cm³/mol. The van der Waals surface area contributed by atoms with E-state index in [4.69, 9.17) is 4.74 Å². The SMILES string of the molecule is Cc1c(OCCn2ccnc2)ccc2c1CCC(=Cc1cccs1)C2=O. The lowest BCUT2D eigenvalue weighted by Gasteiger charge is -2.21. The van der Waals surface area contributed by atoms with Gasteiger partial charge >= 0.3 is 0 Å². The Morgan fingerprint density at radius 1 is 1.31 bits per heavy atom. The molecular formula is C21H20N2O2S. The number of imidazole rings is 1. The summed E-state index contributed by atoms with van der Waals surface area (Å²) in [5.41, 5.74) is 3.92. The van der Waals surface area contributed by atoms with Crippen LogP contribution in [0.4, 0.5) is 0 Å². The van der Waals surface area contributed by atoms with Crippen molar-refractivity contribution in [3.63, 3.8) is 0 Å². The van der Waals surface area contributed by atoms with Crippen LogP contribution in [-0.2, 0) is 13.0 Å². The standard InChI is InChI=1S/C21H20N2O2S/c1-15-18-5-4-16(13-17-3-2-12-26-17)21(24)19(18)6-7-20(15)25-11-10-23-9-8-22-14-23/h2-3,6-9,12-14H,4-5,10-11H2,1H3. The lowest BCUT2D eigenvalue weighted by Crippen LogP contribution is -2.16. The van der Waals surface area contributed by atoms with Crippen molar-refractivity contribution in [2.75, 3.05) is 6.61 Å². The van der Waals surface area contributed by atoms with Crippen molar-refractivity contribution in [3.05, 3.63) is 75.5 Å². The Kier molecular flexibility index (Phi) is 4.71. The summed E-state index contributed by atoms with van der Waals surface area (Å²) in [6.07, 6.45) is 9.15. The Bertz CT molecular complexity index is 941. The number of ether oxygens (including phenoxy) is 1. The van der Waals surface area contributed by atoms with E-state index in [9.17, 15) is 4.79 Å². The first-order chi connectivity index (χ1) is 12.7. The Hall–Kier alpha value is -2.66. The van der Waals surface area contributed by atoms with E-state index in [0.717, 1.165) is 52.3 Å². The summed E-state index contributed by atoms with van der Waals surface area (Å²) in [7, 11) is 0. The number of nitrogens with zero attached hydrogens (tertiary/aromatic N) is 2. The van der Waals surface area contributed by atoms with Gasteiger partial charge in [0.25, 0.3) is 0 Å². The van der Waals surface area contributed by atoms with E-state index in [-0.39, 0.29) is 5.78 Å². The highest BCUT2D eigenvalue weighted by molar-refractivity contribution is 7.10. The van der Waals surface area contributed by atoms with Crippen LogP contribution in [0, 0.1) is 6.92 Å². The van der Waals surface area contributed by atoms with Gasteiger partial charge in [-0.15, -0.1) is 11.3 Å². The van der Waals surface area contributed by atoms with Crippen LogP contribution in [0.15, 0.2) is 53.9 Å². The zero-order chi connectivity index (χ0) is 17.9. The van der Waals surface area contributed by atoms with Gasteiger partial charge in [0.15, 0.2) is 5.78 Å². The molecule has 5 heteroatoms. The number of carbonyl (C=O) groups is 1. The third-order valence-corrected chi connectivity index (χ3v) is 5.57. The van der Waals surface area contributed by atoms with Gasteiger partial charge in [0.05, 0.1) is 12.9 Å². The van der Waals surface area contributed by atoms with Crippen molar-refractivity contribution in [1.82, 2.24) is 9.55 Å². The second-order valence-corrected chi connectivity index (χ2v) is 7.36. The van der Waals surface area contributed by atoms with E-state index in [2.05, 4.69) is 4.98 Å². The monoisotopic (exact) mass is 364 g/mol. The molecule has 0 fully saturated rings. The molecule has 0 atom stereocenters. The topological polar surface area (TPSA) is 44.1 Å². The molecule has 1 aliphatic carbocycles. The number of carbonyl (C=O) groups excluding carboxylic acids is 1. The van der Waals surface area contributed by atoms with Gasteiger partial charge in [-0.3, -0.25) is 4.79 Å². The minimum Gasteiger partial charge on any atom is -0.491 e. The van der Waals surface area contributed by atoms with Crippen LogP contribution in [0.25, 0.3) is 6.08 Å². The quantitative estimate of drug-likeness (QED) is 0.624.